The average molecular weight is 469 g/mol. The summed E-state index contributed by atoms with van der Waals surface area (Å²) >= 11 is 0. The van der Waals surface area contributed by atoms with Gasteiger partial charge in [-0.15, -0.1) is 0 Å². The quantitative estimate of drug-likeness (QED) is 0.511. The Kier molecular flexibility index (Phi) is 7.60. The molecular formula is C25H28N2O5S. The van der Waals surface area contributed by atoms with E-state index in [9.17, 15) is 13.2 Å². The Balaban J connectivity index is 2.00. The first-order valence-corrected chi connectivity index (χ1v) is 11.9. The maximum Gasteiger partial charge on any atom is 0.264 e. The monoisotopic (exact) mass is 468 g/mol. The zero-order chi connectivity index (χ0) is 24.0. The number of carbonyl (C=O) groups excluding carboxylic acids is 1. The van der Waals surface area contributed by atoms with Crippen molar-refractivity contribution >= 4 is 21.6 Å². The molecule has 0 aliphatic carbocycles. The fourth-order valence-corrected chi connectivity index (χ4v) is 4.79. The minimum Gasteiger partial charge on any atom is -0.497 e. The lowest BCUT2D eigenvalue weighted by atomic mass is 10.1. The zero-order valence-corrected chi connectivity index (χ0v) is 19.9. The van der Waals surface area contributed by atoms with Gasteiger partial charge in [0.2, 0.25) is 5.91 Å². The summed E-state index contributed by atoms with van der Waals surface area (Å²) in [6.45, 7) is 3.28. The summed E-state index contributed by atoms with van der Waals surface area (Å²) in [7, 11) is -1.16. The molecule has 0 heterocycles. The SMILES string of the molecule is COc1ccc(OC)c(N(CC(=O)N[C@@H](C)c2ccccc2)S(=O)(=O)c2ccc(C)cc2)c1. The number of sulfonamides is 1. The summed E-state index contributed by atoms with van der Waals surface area (Å²) in [5.74, 6) is 0.287. The molecule has 3 rings (SSSR count). The highest BCUT2D eigenvalue weighted by molar-refractivity contribution is 7.92. The minimum absolute atomic E-state index is 0.0712. The number of aryl methyl sites for hydroxylation is 1. The summed E-state index contributed by atoms with van der Waals surface area (Å²) in [5, 5.41) is 2.88. The van der Waals surface area contributed by atoms with Crippen molar-refractivity contribution in [3.8, 4) is 11.5 Å². The van der Waals surface area contributed by atoms with Crippen LogP contribution in [0.25, 0.3) is 0 Å². The maximum absolute atomic E-state index is 13.7. The minimum atomic E-state index is -4.09. The topological polar surface area (TPSA) is 84.9 Å². The van der Waals surface area contributed by atoms with Crippen LogP contribution in [0.2, 0.25) is 0 Å². The standard InChI is InChI=1S/C25H28N2O5S/c1-18-10-13-22(14-11-18)33(29,30)27(23-16-21(31-3)12-15-24(23)32-4)17-25(28)26-19(2)20-8-6-5-7-9-20/h5-16,19H,17H2,1-4H3,(H,26,28)/t19-/m0/s1. The van der Waals surface area contributed by atoms with Crippen molar-refractivity contribution in [2.45, 2.75) is 24.8 Å². The number of hydrogen-bond acceptors (Lipinski definition) is 5. The lowest BCUT2D eigenvalue weighted by Crippen LogP contribution is -2.41. The van der Waals surface area contributed by atoms with E-state index in [2.05, 4.69) is 5.32 Å². The number of nitrogens with one attached hydrogen (secondary N) is 1. The van der Waals surface area contributed by atoms with E-state index >= 15 is 0 Å². The van der Waals surface area contributed by atoms with Crippen LogP contribution in [0.1, 0.15) is 24.1 Å². The van der Waals surface area contributed by atoms with E-state index in [1.54, 1.807) is 30.3 Å². The largest absolute Gasteiger partial charge is 0.497 e. The van der Waals surface area contributed by atoms with Crippen LogP contribution < -0.4 is 19.1 Å². The van der Waals surface area contributed by atoms with E-state index in [0.717, 1.165) is 15.4 Å². The molecule has 1 amide bonds. The van der Waals surface area contributed by atoms with Crippen LogP contribution >= 0.6 is 0 Å². The molecule has 0 aliphatic rings. The predicted octanol–water partition coefficient (Wildman–Crippen LogP) is 4.08. The molecule has 0 saturated carbocycles. The lowest BCUT2D eigenvalue weighted by molar-refractivity contribution is -0.120. The van der Waals surface area contributed by atoms with Crippen molar-refractivity contribution in [3.63, 3.8) is 0 Å². The molecule has 33 heavy (non-hydrogen) atoms. The molecule has 3 aromatic carbocycles. The fraction of sp³-hybridized carbons (Fsp3) is 0.240. The molecule has 8 heteroatoms. The van der Waals surface area contributed by atoms with Crippen LogP contribution in [0.5, 0.6) is 11.5 Å². The summed E-state index contributed by atoms with van der Waals surface area (Å²) in [5.41, 5.74) is 2.05. The first-order valence-electron chi connectivity index (χ1n) is 10.4. The van der Waals surface area contributed by atoms with Crippen molar-refractivity contribution in [1.29, 1.82) is 0 Å². The van der Waals surface area contributed by atoms with Gasteiger partial charge in [0.25, 0.3) is 10.0 Å². The van der Waals surface area contributed by atoms with Crippen molar-refractivity contribution < 1.29 is 22.7 Å². The summed E-state index contributed by atoms with van der Waals surface area (Å²) < 4.78 is 39.1. The molecular weight excluding hydrogens is 440 g/mol. The number of carbonyl (C=O) groups is 1. The molecule has 1 atom stereocenters. The molecule has 0 aliphatic heterocycles. The van der Waals surface area contributed by atoms with Gasteiger partial charge in [-0.3, -0.25) is 9.10 Å². The number of methoxy groups -OCH3 is 2. The van der Waals surface area contributed by atoms with Gasteiger partial charge in [-0.05, 0) is 43.7 Å². The van der Waals surface area contributed by atoms with E-state index in [1.165, 1.54) is 26.4 Å². The Morgan fingerprint density at radius 3 is 2.24 bits per heavy atom. The normalized spacial score (nSPS) is 12.0. The van der Waals surface area contributed by atoms with Crippen molar-refractivity contribution in [2.75, 3.05) is 25.1 Å². The van der Waals surface area contributed by atoms with Gasteiger partial charge in [0.05, 0.1) is 30.8 Å². The Hall–Kier alpha value is -3.52. The Bertz CT molecular complexity index is 1200. The Morgan fingerprint density at radius 2 is 1.64 bits per heavy atom. The third-order valence-electron chi connectivity index (χ3n) is 5.23. The van der Waals surface area contributed by atoms with Gasteiger partial charge in [-0.25, -0.2) is 8.42 Å². The van der Waals surface area contributed by atoms with E-state index in [-0.39, 0.29) is 16.6 Å². The number of hydrogen-bond donors (Lipinski definition) is 1. The van der Waals surface area contributed by atoms with Gasteiger partial charge in [0.1, 0.15) is 18.0 Å². The molecule has 0 radical (unpaired) electrons. The second-order valence-corrected chi connectivity index (χ2v) is 9.42. The first-order chi connectivity index (χ1) is 15.8. The number of anilines is 1. The maximum atomic E-state index is 13.7. The molecule has 0 spiro atoms. The highest BCUT2D eigenvalue weighted by atomic mass is 32.2. The number of rotatable bonds is 9. The summed E-state index contributed by atoms with van der Waals surface area (Å²) in [4.78, 5) is 13.1. The lowest BCUT2D eigenvalue weighted by Gasteiger charge is -2.27. The third kappa shape index (κ3) is 5.64. The third-order valence-corrected chi connectivity index (χ3v) is 7.00. The molecule has 174 valence electrons. The Morgan fingerprint density at radius 1 is 0.970 bits per heavy atom. The fourth-order valence-electron chi connectivity index (χ4n) is 3.37. The second kappa shape index (κ2) is 10.4. The van der Waals surface area contributed by atoms with Crippen LogP contribution in [0.3, 0.4) is 0 Å². The molecule has 0 aromatic heterocycles. The van der Waals surface area contributed by atoms with E-state index in [1.807, 2.05) is 44.2 Å². The Labute approximate surface area is 195 Å². The predicted molar refractivity (Wildman–Crippen MR) is 128 cm³/mol. The second-order valence-electron chi connectivity index (χ2n) is 7.56. The van der Waals surface area contributed by atoms with Crippen LogP contribution in [0, 0.1) is 6.92 Å². The summed E-state index contributed by atoms with van der Waals surface area (Å²) in [6, 6.07) is 20.4. The van der Waals surface area contributed by atoms with E-state index in [4.69, 9.17) is 9.47 Å². The van der Waals surface area contributed by atoms with E-state index in [0.29, 0.717) is 11.5 Å². The molecule has 0 fully saturated rings. The number of ether oxygens (including phenoxy) is 2. The molecule has 0 unspecified atom stereocenters. The van der Waals surface area contributed by atoms with Gasteiger partial charge in [-0.1, -0.05) is 48.0 Å². The van der Waals surface area contributed by atoms with Gasteiger partial charge < -0.3 is 14.8 Å². The van der Waals surface area contributed by atoms with Gasteiger partial charge in [0, 0.05) is 6.07 Å². The summed E-state index contributed by atoms with van der Waals surface area (Å²) in [6.07, 6.45) is 0. The molecule has 7 nitrogen and oxygen atoms in total. The molecule has 3 aromatic rings. The zero-order valence-electron chi connectivity index (χ0n) is 19.1. The molecule has 0 saturated heterocycles. The van der Waals surface area contributed by atoms with Gasteiger partial charge >= 0.3 is 0 Å². The average Bonchev–Trinajstić information content (AvgIpc) is 2.82. The first kappa shape index (κ1) is 24.1. The number of amides is 1. The molecule has 0 bridgehead atoms. The van der Waals surface area contributed by atoms with Crippen LogP contribution in [-0.2, 0) is 14.8 Å². The van der Waals surface area contributed by atoms with Crippen LogP contribution in [0.4, 0.5) is 5.69 Å². The van der Waals surface area contributed by atoms with Gasteiger partial charge in [0.15, 0.2) is 0 Å². The number of benzene rings is 3. The van der Waals surface area contributed by atoms with Crippen LogP contribution in [-0.4, -0.2) is 35.1 Å². The van der Waals surface area contributed by atoms with E-state index < -0.39 is 22.5 Å². The highest BCUT2D eigenvalue weighted by Gasteiger charge is 2.30. The van der Waals surface area contributed by atoms with Crippen molar-refractivity contribution in [1.82, 2.24) is 5.32 Å². The smallest absolute Gasteiger partial charge is 0.264 e. The van der Waals surface area contributed by atoms with Crippen molar-refractivity contribution in [3.05, 3.63) is 83.9 Å². The van der Waals surface area contributed by atoms with Crippen molar-refractivity contribution in [2.24, 2.45) is 0 Å². The van der Waals surface area contributed by atoms with Crippen LogP contribution in [0.15, 0.2) is 77.7 Å². The highest BCUT2D eigenvalue weighted by Crippen LogP contribution is 2.35. The number of nitrogens with zero attached hydrogens (tertiary/aromatic N) is 1. The van der Waals surface area contributed by atoms with Gasteiger partial charge in [-0.2, -0.15) is 0 Å². The molecule has 1 N–H and O–H groups in total.